The quantitative estimate of drug-likeness (QED) is 0.766. The molecule has 0 aliphatic carbocycles. The van der Waals surface area contributed by atoms with E-state index in [9.17, 15) is 13.2 Å². The maximum absolute atomic E-state index is 10.7. The van der Waals surface area contributed by atoms with E-state index in [0.717, 1.165) is 21.0 Å². The summed E-state index contributed by atoms with van der Waals surface area (Å²) in [4.78, 5) is 10.7. The van der Waals surface area contributed by atoms with Gasteiger partial charge in [0.2, 0.25) is 5.91 Å². The summed E-state index contributed by atoms with van der Waals surface area (Å²) in [6.45, 7) is 1.95. The molecule has 2 rings (SSSR count). The number of hydrogen-bond donors (Lipinski definition) is 2. The first kappa shape index (κ1) is 18.6. The molecule has 0 spiro atoms. The number of amides is 1. The fourth-order valence-corrected chi connectivity index (χ4v) is 3.00. The lowest BCUT2D eigenvalue weighted by molar-refractivity contribution is 0.0999. The second kappa shape index (κ2) is 8.23. The third kappa shape index (κ3) is 6.99. The largest absolute Gasteiger partial charge is 0.366 e. The van der Waals surface area contributed by atoms with E-state index in [4.69, 9.17) is 10.3 Å². The van der Waals surface area contributed by atoms with Crippen LogP contribution in [0.25, 0.3) is 6.08 Å². The number of nitrogens with two attached hydrogens (primary N) is 1. The van der Waals surface area contributed by atoms with Crippen molar-refractivity contribution >= 4 is 49.4 Å². The molecule has 0 unspecified atom stereocenters. The highest BCUT2D eigenvalue weighted by molar-refractivity contribution is 9.10. The first-order chi connectivity index (χ1) is 10.2. The number of halogens is 1. The number of carbonyl (C=O) groups is 1. The molecule has 0 saturated carbocycles. The highest BCUT2D eigenvalue weighted by Crippen LogP contribution is 2.17. The van der Waals surface area contributed by atoms with Gasteiger partial charge in [0.25, 0.3) is 10.1 Å². The first-order valence-electron chi connectivity index (χ1n) is 5.93. The molecular weight excluding hydrogens is 390 g/mol. The number of rotatable bonds is 3. The van der Waals surface area contributed by atoms with Crippen LogP contribution in [0.2, 0.25) is 0 Å². The fraction of sp³-hybridized carbons (Fsp3) is 0.0714. The summed E-state index contributed by atoms with van der Waals surface area (Å²) in [5, 5.41) is 4.36. The highest BCUT2D eigenvalue weighted by Gasteiger charge is 2.04. The van der Waals surface area contributed by atoms with E-state index in [2.05, 4.69) is 15.9 Å². The summed E-state index contributed by atoms with van der Waals surface area (Å²) < 4.78 is 29.5. The maximum Gasteiger partial charge on any atom is 0.287 e. The average Bonchev–Trinajstić information content (AvgIpc) is 2.89. The van der Waals surface area contributed by atoms with Crippen LogP contribution < -0.4 is 5.73 Å². The Morgan fingerprint density at radius 2 is 2.05 bits per heavy atom. The van der Waals surface area contributed by atoms with E-state index in [0.29, 0.717) is 5.56 Å². The fourth-order valence-electron chi connectivity index (χ4n) is 1.35. The first-order valence-corrected chi connectivity index (χ1v) is 9.16. The number of primary amides is 1. The minimum atomic E-state index is -3.98. The Hall–Kier alpha value is -1.48. The molecule has 118 valence electrons. The molecule has 0 aliphatic heterocycles. The number of carbonyl (C=O) groups excluding carboxylic acids is 1. The zero-order valence-corrected chi connectivity index (χ0v) is 14.8. The smallest absolute Gasteiger partial charge is 0.287 e. The molecule has 2 aromatic rings. The van der Waals surface area contributed by atoms with Gasteiger partial charge in [-0.2, -0.15) is 19.8 Å². The molecule has 0 aliphatic rings. The minimum absolute atomic E-state index is 0.406. The van der Waals surface area contributed by atoms with Crippen LogP contribution in [0.5, 0.6) is 0 Å². The van der Waals surface area contributed by atoms with Crippen molar-refractivity contribution in [2.45, 2.75) is 6.92 Å². The molecule has 8 heteroatoms. The van der Waals surface area contributed by atoms with E-state index in [1.165, 1.54) is 17.4 Å². The number of aryl methyl sites for hydroxylation is 1. The average molecular weight is 404 g/mol. The van der Waals surface area contributed by atoms with Crippen molar-refractivity contribution in [2.75, 3.05) is 0 Å². The van der Waals surface area contributed by atoms with Gasteiger partial charge in [-0.15, -0.1) is 0 Å². The topological polar surface area (TPSA) is 97.5 Å². The minimum Gasteiger partial charge on any atom is -0.366 e. The zero-order valence-electron chi connectivity index (χ0n) is 11.6. The van der Waals surface area contributed by atoms with Gasteiger partial charge < -0.3 is 5.73 Å². The van der Waals surface area contributed by atoms with Crippen molar-refractivity contribution in [1.29, 1.82) is 0 Å². The lowest BCUT2D eigenvalue weighted by atomic mass is 10.1. The lowest BCUT2D eigenvalue weighted by Crippen LogP contribution is -2.11. The molecule has 3 N–H and O–H groups in total. The van der Waals surface area contributed by atoms with E-state index < -0.39 is 16.0 Å². The van der Waals surface area contributed by atoms with Gasteiger partial charge in [-0.25, -0.2) is 0 Å². The molecular formula is C14H14BrNO4S2. The van der Waals surface area contributed by atoms with Crippen molar-refractivity contribution < 1.29 is 17.8 Å². The normalized spacial score (nSPS) is 11.0. The van der Waals surface area contributed by atoms with E-state index in [1.54, 1.807) is 17.5 Å². The Morgan fingerprint density at radius 1 is 1.36 bits per heavy atom. The molecule has 0 radical (unpaired) electrons. The van der Waals surface area contributed by atoms with E-state index in [-0.39, 0.29) is 0 Å². The Kier molecular flexibility index (Phi) is 6.95. The predicted molar refractivity (Wildman–Crippen MR) is 92.3 cm³/mol. The van der Waals surface area contributed by atoms with Crippen molar-refractivity contribution in [3.05, 3.63) is 61.6 Å². The number of benzene rings is 1. The van der Waals surface area contributed by atoms with Gasteiger partial charge in [-0.1, -0.05) is 6.07 Å². The Bertz CT molecular complexity index is 768. The van der Waals surface area contributed by atoms with Gasteiger partial charge in [0.1, 0.15) is 0 Å². The van der Waals surface area contributed by atoms with Crippen LogP contribution in [0.3, 0.4) is 0 Å². The highest BCUT2D eigenvalue weighted by atomic mass is 79.9. The van der Waals surface area contributed by atoms with Crippen LogP contribution in [0, 0.1) is 6.92 Å². The van der Waals surface area contributed by atoms with Crippen molar-refractivity contribution in [1.82, 2.24) is 0 Å². The van der Waals surface area contributed by atoms with Crippen molar-refractivity contribution in [2.24, 2.45) is 5.73 Å². The summed E-state index contributed by atoms with van der Waals surface area (Å²) in [7, 11) is -3.98. The van der Waals surface area contributed by atoms with E-state index in [1.807, 2.05) is 24.4 Å². The zero-order chi connectivity index (χ0) is 16.8. The van der Waals surface area contributed by atoms with Crippen LogP contribution >= 0.6 is 27.3 Å². The van der Waals surface area contributed by atoms with E-state index >= 15 is 0 Å². The maximum atomic E-state index is 10.7. The van der Waals surface area contributed by atoms with Gasteiger partial charge >= 0.3 is 0 Å². The molecule has 0 bridgehead atoms. The Balaban J connectivity index is 0.000000220. The van der Waals surface area contributed by atoms with Crippen LogP contribution in [-0.4, -0.2) is 18.9 Å². The van der Waals surface area contributed by atoms with Crippen LogP contribution in [-0.2, 0) is 10.1 Å². The van der Waals surface area contributed by atoms with Crippen LogP contribution in [0.15, 0.2) is 44.9 Å². The molecule has 1 amide bonds. The summed E-state index contributed by atoms with van der Waals surface area (Å²) in [5.41, 5.74) is 7.49. The van der Waals surface area contributed by atoms with Gasteiger partial charge in [-0.05, 0) is 69.0 Å². The molecule has 5 nitrogen and oxygen atoms in total. The summed E-state index contributed by atoms with van der Waals surface area (Å²) in [5.74, 6) is -0.406. The van der Waals surface area contributed by atoms with Gasteiger partial charge in [-0.3, -0.25) is 9.35 Å². The molecule has 1 heterocycles. The summed E-state index contributed by atoms with van der Waals surface area (Å²) >= 11 is 4.71. The van der Waals surface area contributed by atoms with Crippen LogP contribution in [0.4, 0.5) is 0 Å². The SMILES string of the molecule is Cc1ccc(C(N)=O)c(Br)c1.O=S(=O)(O)/C=C/c1ccsc1. The van der Waals surface area contributed by atoms with Crippen molar-refractivity contribution in [3.8, 4) is 0 Å². The van der Waals surface area contributed by atoms with Crippen LogP contribution in [0.1, 0.15) is 21.5 Å². The number of hydrogen-bond acceptors (Lipinski definition) is 4. The monoisotopic (exact) mass is 403 g/mol. The second-order valence-electron chi connectivity index (χ2n) is 4.22. The Labute approximate surface area is 141 Å². The molecule has 0 fully saturated rings. The molecule has 0 saturated heterocycles. The third-order valence-corrected chi connectivity index (χ3v) is 4.20. The molecule has 1 aromatic heterocycles. The Morgan fingerprint density at radius 3 is 2.50 bits per heavy atom. The summed E-state index contributed by atoms with van der Waals surface area (Å²) in [6.07, 6.45) is 1.34. The number of thiophene rings is 1. The standard InChI is InChI=1S/C8H8BrNO.C6H6O3S2/c1-5-2-3-6(8(10)11)7(9)4-5;7-11(8,9)4-2-6-1-3-10-5-6/h2-4H,1H3,(H2,10,11);1-5H,(H,7,8,9)/b;4-2+. The van der Waals surface area contributed by atoms with Gasteiger partial charge in [0.15, 0.2) is 0 Å². The second-order valence-corrected chi connectivity index (χ2v) is 7.16. The van der Waals surface area contributed by atoms with Gasteiger partial charge in [0.05, 0.1) is 11.0 Å². The van der Waals surface area contributed by atoms with Crippen molar-refractivity contribution in [3.63, 3.8) is 0 Å². The lowest BCUT2D eigenvalue weighted by Gasteiger charge is -1.99. The molecule has 0 atom stereocenters. The predicted octanol–water partition coefficient (Wildman–Crippen LogP) is 3.46. The van der Waals surface area contributed by atoms with Gasteiger partial charge in [0, 0.05) is 4.47 Å². The molecule has 1 aromatic carbocycles. The summed E-state index contributed by atoms with van der Waals surface area (Å²) in [6, 6.07) is 7.18. The molecule has 22 heavy (non-hydrogen) atoms. The third-order valence-electron chi connectivity index (χ3n) is 2.37.